The SMILES string of the molecule is O=C(NCC(F)(F)F)[C@@H]1C[C@H]1c1ccccc1Br. The van der Waals surface area contributed by atoms with E-state index in [0.717, 1.165) is 10.0 Å². The molecule has 98 valence electrons. The monoisotopic (exact) mass is 321 g/mol. The van der Waals surface area contributed by atoms with Crippen LogP contribution >= 0.6 is 15.9 Å². The Bertz CT molecular complexity index is 461. The van der Waals surface area contributed by atoms with Gasteiger partial charge in [0.1, 0.15) is 6.54 Å². The highest BCUT2D eigenvalue weighted by Crippen LogP contribution is 2.49. The predicted octanol–water partition coefficient (Wildman–Crippen LogP) is 3.23. The number of alkyl halides is 3. The lowest BCUT2D eigenvalue weighted by Gasteiger charge is -2.08. The quantitative estimate of drug-likeness (QED) is 0.909. The number of carbonyl (C=O) groups excluding carboxylic acids is 1. The van der Waals surface area contributed by atoms with Crippen molar-refractivity contribution < 1.29 is 18.0 Å². The Hall–Kier alpha value is -1.04. The van der Waals surface area contributed by atoms with Crippen molar-refractivity contribution in [2.24, 2.45) is 5.92 Å². The third-order valence-corrected chi connectivity index (χ3v) is 3.62. The molecule has 1 aliphatic rings. The van der Waals surface area contributed by atoms with Gasteiger partial charge in [0.2, 0.25) is 5.91 Å². The average Bonchev–Trinajstić information content (AvgIpc) is 3.05. The van der Waals surface area contributed by atoms with Crippen molar-refractivity contribution in [2.45, 2.75) is 18.5 Å². The number of amides is 1. The molecule has 0 aromatic heterocycles. The standard InChI is InChI=1S/C12H11BrF3NO/c13-10-4-2-1-3-7(10)8-5-9(8)11(18)17-6-12(14,15)16/h1-4,8-9H,5-6H2,(H,17,18)/t8-,9+/m0/s1. The maximum Gasteiger partial charge on any atom is 0.405 e. The molecule has 1 aliphatic carbocycles. The highest BCUT2D eigenvalue weighted by Gasteiger charge is 2.45. The van der Waals surface area contributed by atoms with Gasteiger partial charge in [0.05, 0.1) is 0 Å². The van der Waals surface area contributed by atoms with Crippen molar-refractivity contribution in [1.82, 2.24) is 5.32 Å². The Kier molecular flexibility index (Phi) is 3.66. The average molecular weight is 322 g/mol. The number of benzene rings is 1. The number of carbonyl (C=O) groups is 1. The first kappa shape index (κ1) is 13.4. The van der Waals surface area contributed by atoms with Crippen molar-refractivity contribution in [1.29, 1.82) is 0 Å². The largest absolute Gasteiger partial charge is 0.405 e. The van der Waals surface area contributed by atoms with Crippen LogP contribution in [0.1, 0.15) is 17.9 Å². The minimum absolute atomic E-state index is 0.0220. The van der Waals surface area contributed by atoms with E-state index in [9.17, 15) is 18.0 Å². The van der Waals surface area contributed by atoms with Crippen LogP contribution < -0.4 is 5.32 Å². The maximum atomic E-state index is 12.0. The zero-order chi connectivity index (χ0) is 13.3. The molecule has 0 saturated heterocycles. The van der Waals surface area contributed by atoms with E-state index in [0.29, 0.717) is 6.42 Å². The molecule has 0 unspecified atom stereocenters. The van der Waals surface area contributed by atoms with E-state index in [2.05, 4.69) is 15.9 Å². The highest BCUT2D eigenvalue weighted by molar-refractivity contribution is 9.10. The second kappa shape index (κ2) is 4.91. The fraction of sp³-hybridized carbons (Fsp3) is 0.417. The molecule has 18 heavy (non-hydrogen) atoms. The van der Waals surface area contributed by atoms with Gasteiger partial charge in [-0.25, -0.2) is 0 Å². The van der Waals surface area contributed by atoms with E-state index in [1.807, 2.05) is 29.6 Å². The van der Waals surface area contributed by atoms with Gasteiger partial charge in [-0.3, -0.25) is 4.79 Å². The van der Waals surface area contributed by atoms with Gasteiger partial charge in [0.15, 0.2) is 0 Å². The molecule has 1 N–H and O–H groups in total. The first-order valence-electron chi connectivity index (χ1n) is 5.47. The van der Waals surface area contributed by atoms with Crippen LogP contribution in [0.2, 0.25) is 0 Å². The van der Waals surface area contributed by atoms with Crippen molar-refractivity contribution in [2.75, 3.05) is 6.54 Å². The molecular formula is C12H11BrF3NO. The molecule has 1 aromatic rings. The molecule has 0 aliphatic heterocycles. The number of nitrogens with one attached hydrogen (secondary N) is 1. The molecule has 1 saturated carbocycles. The number of hydrogen-bond acceptors (Lipinski definition) is 1. The summed E-state index contributed by atoms with van der Waals surface area (Å²) in [5.74, 6) is -0.840. The smallest absolute Gasteiger partial charge is 0.347 e. The van der Waals surface area contributed by atoms with Crippen LogP contribution in [0.25, 0.3) is 0 Å². The van der Waals surface area contributed by atoms with E-state index in [1.54, 1.807) is 0 Å². The van der Waals surface area contributed by atoms with Crippen LogP contribution in [0.15, 0.2) is 28.7 Å². The molecule has 2 nitrogen and oxygen atoms in total. The molecule has 0 heterocycles. The Morgan fingerprint density at radius 3 is 2.67 bits per heavy atom. The summed E-state index contributed by atoms with van der Waals surface area (Å²) in [5.41, 5.74) is 0.977. The Balaban J connectivity index is 1.92. The minimum Gasteiger partial charge on any atom is -0.347 e. The molecule has 2 atom stereocenters. The van der Waals surface area contributed by atoms with Crippen LogP contribution in [0, 0.1) is 5.92 Å². The number of rotatable bonds is 3. The van der Waals surface area contributed by atoms with Crippen LogP contribution in [0.3, 0.4) is 0 Å². The third-order valence-electron chi connectivity index (χ3n) is 2.89. The lowest BCUT2D eigenvalue weighted by molar-refractivity contribution is -0.139. The van der Waals surface area contributed by atoms with Gasteiger partial charge in [-0.1, -0.05) is 34.1 Å². The summed E-state index contributed by atoms with van der Waals surface area (Å²) < 4.78 is 36.8. The number of hydrogen-bond donors (Lipinski definition) is 1. The van der Waals surface area contributed by atoms with Gasteiger partial charge in [-0.15, -0.1) is 0 Å². The molecular weight excluding hydrogens is 311 g/mol. The Labute approximate surface area is 111 Å². The van der Waals surface area contributed by atoms with E-state index in [1.165, 1.54) is 0 Å². The molecule has 1 aromatic carbocycles. The van der Waals surface area contributed by atoms with E-state index in [4.69, 9.17) is 0 Å². The molecule has 0 bridgehead atoms. The van der Waals surface area contributed by atoms with Gasteiger partial charge in [0, 0.05) is 10.4 Å². The molecule has 1 fully saturated rings. The minimum atomic E-state index is -4.35. The van der Waals surface area contributed by atoms with Gasteiger partial charge in [-0.2, -0.15) is 13.2 Å². The third kappa shape index (κ3) is 3.25. The second-order valence-corrected chi connectivity index (χ2v) is 5.16. The predicted molar refractivity (Wildman–Crippen MR) is 64.1 cm³/mol. The van der Waals surface area contributed by atoms with Gasteiger partial charge < -0.3 is 5.32 Å². The molecule has 6 heteroatoms. The van der Waals surface area contributed by atoms with Crippen molar-refractivity contribution in [3.05, 3.63) is 34.3 Å². The zero-order valence-electron chi connectivity index (χ0n) is 9.30. The van der Waals surface area contributed by atoms with Crippen LogP contribution in [-0.2, 0) is 4.79 Å². The maximum absolute atomic E-state index is 12.0. The topological polar surface area (TPSA) is 29.1 Å². The summed E-state index contributed by atoms with van der Waals surface area (Å²) in [5, 5.41) is 1.92. The summed E-state index contributed by atoms with van der Waals surface area (Å²) in [6.07, 6.45) is -3.75. The zero-order valence-corrected chi connectivity index (χ0v) is 10.9. The fourth-order valence-electron chi connectivity index (χ4n) is 1.92. The lowest BCUT2D eigenvalue weighted by Crippen LogP contribution is -2.34. The molecule has 0 spiro atoms. The number of halogens is 4. The van der Waals surface area contributed by atoms with E-state index < -0.39 is 18.6 Å². The van der Waals surface area contributed by atoms with Crippen molar-refractivity contribution in [3.63, 3.8) is 0 Å². The molecule has 2 rings (SSSR count). The van der Waals surface area contributed by atoms with Crippen molar-refractivity contribution >= 4 is 21.8 Å². The lowest BCUT2D eigenvalue weighted by atomic mass is 10.1. The fourth-order valence-corrected chi connectivity index (χ4v) is 2.50. The first-order chi connectivity index (χ1) is 8.38. The van der Waals surface area contributed by atoms with Crippen molar-refractivity contribution in [3.8, 4) is 0 Å². The highest BCUT2D eigenvalue weighted by atomic mass is 79.9. The van der Waals surface area contributed by atoms with Crippen LogP contribution in [-0.4, -0.2) is 18.6 Å². The Morgan fingerprint density at radius 1 is 1.39 bits per heavy atom. The summed E-state index contributed by atoms with van der Waals surface area (Å²) in [4.78, 5) is 11.5. The summed E-state index contributed by atoms with van der Waals surface area (Å²) in [6.45, 7) is -1.26. The second-order valence-electron chi connectivity index (χ2n) is 4.30. The van der Waals surface area contributed by atoms with Crippen LogP contribution in [0.5, 0.6) is 0 Å². The van der Waals surface area contributed by atoms with Crippen LogP contribution in [0.4, 0.5) is 13.2 Å². The van der Waals surface area contributed by atoms with Gasteiger partial charge in [0.25, 0.3) is 0 Å². The van der Waals surface area contributed by atoms with Gasteiger partial charge in [-0.05, 0) is 24.0 Å². The summed E-state index contributed by atoms with van der Waals surface area (Å²) >= 11 is 3.37. The summed E-state index contributed by atoms with van der Waals surface area (Å²) in [7, 11) is 0. The van der Waals surface area contributed by atoms with E-state index in [-0.39, 0.29) is 11.8 Å². The van der Waals surface area contributed by atoms with Gasteiger partial charge >= 0.3 is 6.18 Å². The summed E-state index contributed by atoms with van der Waals surface area (Å²) in [6, 6.07) is 7.45. The molecule has 0 radical (unpaired) electrons. The first-order valence-corrected chi connectivity index (χ1v) is 6.26. The van der Waals surface area contributed by atoms with E-state index >= 15 is 0 Å². The Morgan fingerprint density at radius 2 is 2.06 bits per heavy atom. The normalized spacial score (nSPS) is 22.7. The molecule has 1 amide bonds.